The van der Waals surface area contributed by atoms with E-state index in [0.29, 0.717) is 16.3 Å². The SMILES string of the molecule is CCOC(=O)c1sc(NC(=O)C(C)Oc2ccc(Cl)cc2Cl)c(C#N)c1C. The van der Waals surface area contributed by atoms with Gasteiger partial charge >= 0.3 is 5.97 Å². The molecule has 0 aliphatic carbocycles. The molecule has 1 atom stereocenters. The Labute approximate surface area is 170 Å². The Morgan fingerprint density at radius 2 is 2.07 bits per heavy atom. The lowest BCUT2D eigenvalue weighted by atomic mass is 10.2. The van der Waals surface area contributed by atoms with E-state index in [1.54, 1.807) is 32.9 Å². The summed E-state index contributed by atoms with van der Waals surface area (Å²) in [6.45, 7) is 5.07. The molecule has 1 unspecified atom stereocenters. The number of hydrogen-bond donors (Lipinski definition) is 1. The van der Waals surface area contributed by atoms with Gasteiger partial charge in [-0.2, -0.15) is 5.26 Å². The highest BCUT2D eigenvalue weighted by Gasteiger charge is 2.24. The van der Waals surface area contributed by atoms with Crippen LogP contribution in [0.4, 0.5) is 5.00 Å². The zero-order valence-corrected chi connectivity index (χ0v) is 17.1. The quantitative estimate of drug-likeness (QED) is 0.668. The number of amides is 1. The van der Waals surface area contributed by atoms with Crippen LogP contribution in [0.15, 0.2) is 18.2 Å². The zero-order chi connectivity index (χ0) is 20.1. The van der Waals surface area contributed by atoms with Crippen molar-refractivity contribution in [3.05, 3.63) is 44.2 Å². The first-order valence-corrected chi connectivity index (χ1v) is 9.48. The smallest absolute Gasteiger partial charge is 0.348 e. The number of halogens is 2. The molecule has 0 aliphatic heterocycles. The number of esters is 1. The molecular weight excluding hydrogens is 411 g/mol. The fraction of sp³-hybridized carbons (Fsp3) is 0.278. The van der Waals surface area contributed by atoms with Crippen molar-refractivity contribution in [3.63, 3.8) is 0 Å². The van der Waals surface area contributed by atoms with E-state index in [-0.39, 0.29) is 27.1 Å². The molecule has 0 radical (unpaired) electrons. The van der Waals surface area contributed by atoms with Gasteiger partial charge in [-0.3, -0.25) is 4.79 Å². The standard InChI is InChI=1S/C18H16Cl2N2O4S/c1-4-25-18(24)15-9(2)12(8-21)17(27-15)22-16(23)10(3)26-14-6-5-11(19)7-13(14)20/h5-7,10H,4H2,1-3H3,(H,22,23). The van der Waals surface area contributed by atoms with E-state index in [2.05, 4.69) is 5.32 Å². The number of ether oxygens (including phenoxy) is 2. The molecule has 6 nitrogen and oxygen atoms in total. The van der Waals surface area contributed by atoms with Crippen LogP contribution in [-0.4, -0.2) is 24.6 Å². The van der Waals surface area contributed by atoms with Gasteiger partial charge in [0.15, 0.2) is 6.10 Å². The molecule has 2 rings (SSSR count). The van der Waals surface area contributed by atoms with Crippen molar-refractivity contribution in [2.75, 3.05) is 11.9 Å². The molecule has 9 heteroatoms. The van der Waals surface area contributed by atoms with Crippen LogP contribution in [0.1, 0.15) is 34.6 Å². The summed E-state index contributed by atoms with van der Waals surface area (Å²) in [5.41, 5.74) is 0.679. The van der Waals surface area contributed by atoms with Crippen molar-refractivity contribution in [2.24, 2.45) is 0 Å². The summed E-state index contributed by atoms with van der Waals surface area (Å²) in [5, 5.41) is 13.0. The monoisotopic (exact) mass is 426 g/mol. The van der Waals surface area contributed by atoms with Gasteiger partial charge in [0.2, 0.25) is 0 Å². The maximum Gasteiger partial charge on any atom is 0.348 e. The van der Waals surface area contributed by atoms with E-state index in [1.165, 1.54) is 6.07 Å². The van der Waals surface area contributed by atoms with Gasteiger partial charge in [-0.1, -0.05) is 23.2 Å². The van der Waals surface area contributed by atoms with Crippen LogP contribution in [0, 0.1) is 18.3 Å². The molecule has 27 heavy (non-hydrogen) atoms. The number of hydrogen-bond acceptors (Lipinski definition) is 6. The Morgan fingerprint density at radius 3 is 2.67 bits per heavy atom. The number of rotatable bonds is 6. The van der Waals surface area contributed by atoms with Crippen molar-refractivity contribution in [2.45, 2.75) is 26.9 Å². The lowest BCUT2D eigenvalue weighted by Gasteiger charge is -2.15. The largest absolute Gasteiger partial charge is 0.479 e. The predicted octanol–water partition coefficient (Wildman–Crippen LogP) is 4.82. The van der Waals surface area contributed by atoms with Gasteiger partial charge in [0.25, 0.3) is 5.91 Å². The minimum atomic E-state index is -0.899. The molecule has 1 aromatic heterocycles. The Kier molecular flexibility index (Phi) is 7.08. The molecule has 0 spiro atoms. The summed E-state index contributed by atoms with van der Waals surface area (Å²) in [6, 6.07) is 6.66. The lowest BCUT2D eigenvalue weighted by Crippen LogP contribution is -2.30. The van der Waals surface area contributed by atoms with Crippen molar-refractivity contribution >= 4 is 51.4 Å². The van der Waals surface area contributed by atoms with E-state index in [9.17, 15) is 14.9 Å². The molecule has 0 aliphatic rings. The number of nitrogens with zero attached hydrogens (tertiary/aromatic N) is 1. The third kappa shape index (κ3) is 4.92. The predicted molar refractivity (Wildman–Crippen MR) is 105 cm³/mol. The first-order chi connectivity index (χ1) is 12.8. The molecule has 1 heterocycles. The van der Waals surface area contributed by atoms with Crippen LogP contribution < -0.4 is 10.1 Å². The first-order valence-electron chi connectivity index (χ1n) is 7.91. The van der Waals surface area contributed by atoms with Crippen molar-refractivity contribution in [1.82, 2.24) is 0 Å². The molecule has 1 aromatic carbocycles. The molecule has 1 amide bonds. The Bertz CT molecular complexity index is 921. The fourth-order valence-corrected chi connectivity index (χ4v) is 3.66. The summed E-state index contributed by atoms with van der Waals surface area (Å²) in [7, 11) is 0. The van der Waals surface area contributed by atoms with E-state index in [1.807, 2.05) is 6.07 Å². The van der Waals surface area contributed by atoms with Crippen LogP contribution >= 0.6 is 34.5 Å². The second kappa shape index (κ2) is 9.09. The van der Waals surface area contributed by atoms with Crippen LogP contribution in [0.3, 0.4) is 0 Å². The fourth-order valence-electron chi connectivity index (χ4n) is 2.16. The Balaban J connectivity index is 2.18. The summed E-state index contributed by atoms with van der Waals surface area (Å²) >= 11 is 12.9. The van der Waals surface area contributed by atoms with Crippen LogP contribution in [0.25, 0.3) is 0 Å². The van der Waals surface area contributed by atoms with E-state index in [4.69, 9.17) is 32.7 Å². The van der Waals surface area contributed by atoms with Gasteiger partial charge in [0.05, 0.1) is 17.2 Å². The molecule has 0 bridgehead atoms. The van der Waals surface area contributed by atoms with Crippen LogP contribution in [0.5, 0.6) is 5.75 Å². The highest BCUT2D eigenvalue weighted by atomic mass is 35.5. The molecule has 1 N–H and O–H groups in total. The summed E-state index contributed by atoms with van der Waals surface area (Å²) in [4.78, 5) is 24.7. The molecule has 0 saturated heterocycles. The van der Waals surface area contributed by atoms with Crippen LogP contribution in [0.2, 0.25) is 10.0 Å². The minimum absolute atomic E-state index is 0.215. The Hall–Kier alpha value is -2.27. The molecule has 142 valence electrons. The number of thiophene rings is 1. The van der Waals surface area contributed by atoms with Gasteiger partial charge in [0, 0.05) is 5.02 Å². The number of carbonyl (C=O) groups is 2. The number of anilines is 1. The molecule has 2 aromatic rings. The van der Waals surface area contributed by atoms with Crippen LogP contribution in [-0.2, 0) is 9.53 Å². The van der Waals surface area contributed by atoms with Gasteiger partial charge in [-0.25, -0.2) is 4.79 Å². The number of benzene rings is 1. The first kappa shape index (κ1) is 21.0. The number of nitriles is 1. The summed E-state index contributed by atoms with van der Waals surface area (Å²) in [5.74, 6) is -0.720. The third-order valence-corrected chi connectivity index (χ3v) is 5.24. The average molecular weight is 427 g/mol. The Morgan fingerprint density at radius 1 is 1.37 bits per heavy atom. The van der Waals surface area contributed by atoms with Crippen molar-refractivity contribution in [1.29, 1.82) is 5.26 Å². The van der Waals surface area contributed by atoms with Gasteiger partial charge < -0.3 is 14.8 Å². The topological polar surface area (TPSA) is 88.4 Å². The average Bonchev–Trinajstić information content (AvgIpc) is 2.92. The van der Waals surface area contributed by atoms with E-state index < -0.39 is 18.0 Å². The second-order valence-corrected chi connectivity index (χ2v) is 7.28. The minimum Gasteiger partial charge on any atom is -0.479 e. The van der Waals surface area contributed by atoms with Gasteiger partial charge in [-0.15, -0.1) is 11.3 Å². The zero-order valence-electron chi connectivity index (χ0n) is 14.8. The summed E-state index contributed by atoms with van der Waals surface area (Å²) in [6.07, 6.45) is -0.899. The lowest BCUT2D eigenvalue weighted by molar-refractivity contribution is -0.122. The van der Waals surface area contributed by atoms with Crippen molar-refractivity contribution < 1.29 is 19.1 Å². The second-order valence-electron chi connectivity index (χ2n) is 5.42. The van der Waals surface area contributed by atoms with Gasteiger partial charge in [-0.05, 0) is 44.5 Å². The molecule has 0 fully saturated rings. The number of nitrogens with one attached hydrogen (secondary N) is 1. The summed E-state index contributed by atoms with van der Waals surface area (Å²) < 4.78 is 10.5. The highest BCUT2D eigenvalue weighted by molar-refractivity contribution is 7.18. The van der Waals surface area contributed by atoms with E-state index in [0.717, 1.165) is 11.3 Å². The van der Waals surface area contributed by atoms with Gasteiger partial charge in [0.1, 0.15) is 21.7 Å². The molecule has 0 saturated carbocycles. The maximum absolute atomic E-state index is 12.5. The third-order valence-electron chi connectivity index (χ3n) is 3.52. The van der Waals surface area contributed by atoms with Crippen molar-refractivity contribution in [3.8, 4) is 11.8 Å². The number of carbonyl (C=O) groups excluding carboxylic acids is 2. The maximum atomic E-state index is 12.5. The molecular formula is C18H16Cl2N2O4S. The highest BCUT2D eigenvalue weighted by Crippen LogP contribution is 2.33. The normalized spacial score (nSPS) is 11.4. The van der Waals surface area contributed by atoms with E-state index >= 15 is 0 Å².